The first kappa shape index (κ1) is 14.2. The van der Waals surface area contributed by atoms with Crippen LogP contribution in [0, 0.1) is 5.92 Å². The fourth-order valence-corrected chi connectivity index (χ4v) is 2.62. The lowest BCUT2D eigenvalue weighted by Crippen LogP contribution is -2.23. The first-order chi connectivity index (χ1) is 9.10. The van der Waals surface area contributed by atoms with Crippen LogP contribution in [0.2, 0.25) is 0 Å². The standard InChI is InChI=1S/C16H24O3/c1-11-4-6-13(7-5-11)19-16-10-14(18-3)8-9-15(16)12(2)17/h8-13,17H,4-7H2,1-3H3/t11?,12-,13?/m0/s1. The third-order valence-corrected chi connectivity index (χ3v) is 3.93. The Labute approximate surface area is 115 Å². The molecule has 0 unspecified atom stereocenters. The highest BCUT2D eigenvalue weighted by Crippen LogP contribution is 2.33. The topological polar surface area (TPSA) is 38.7 Å². The van der Waals surface area contributed by atoms with Crippen LogP contribution in [0.4, 0.5) is 0 Å². The number of benzene rings is 1. The van der Waals surface area contributed by atoms with E-state index in [1.54, 1.807) is 14.0 Å². The van der Waals surface area contributed by atoms with Gasteiger partial charge in [0.25, 0.3) is 0 Å². The number of aliphatic hydroxyl groups excluding tert-OH is 1. The second-order valence-corrected chi connectivity index (χ2v) is 5.58. The molecule has 0 saturated heterocycles. The molecule has 1 atom stereocenters. The Morgan fingerprint density at radius 3 is 2.47 bits per heavy atom. The summed E-state index contributed by atoms with van der Waals surface area (Å²) in [7, 11) is 1.64. The summed E-state index contributed by atoms with van der Waals surface area (Å²) in [4.78, 5) is 0. The Balaban J connectivity index is 2.13. The molecule has 0 bridgehead atoms. The van der Waals surface area contributed by atoms with E-state index in [4.69, 9.17) is 9.47 Å². The van der Waals surface area contributed by atoms with E-state index in [9.17, 15) is 5.11 Å². The fraction of sp³-hybridized carbons (Fsp3) is 0.625. The van der Waals surface area contributed by atoms with Crippen LogP contribution in [0.3, 0.4) is 0 Å². The minimum atomic E-state index is -0.525. The van der Waals surface area contributed by atoms with Gasteiger partial charge in [-0.2, -0.15) is 0 Å². The molecule has 3 nitrogen and oxygen atoms in total. The molecule has 3 heteroatoms. The van der Waals surface area contributed by atoms with Crippen molar-refractivity contribution in [1.82, 2.24) is 0 Å². The lowest BCUT2D eigenvalue weighted by molar-refractivity contribution is 0.126. The van der Waals surface area contributed by atoms with E-state index in [1.165, 1.54) is 12.8 Å². The molecular formula is C16H24O3. The maximum Gasteiger partial charge on any atom is 0.129 e. The molecule has 0 radical (unpaired) electrons. The second kappa shape index (κ2) is 6.29. The molecule has 1 aromatic carbocycles. The van der Waals surface area contributed by atoms with Crippen molar-refractivity contribution in [2.75, 3.05) is 7.11 Å². The summed E-state index contributed by atoms with van der Waals surface area (Å²) in [5, 5.41) is 9.82. The Hall–Kier alpha value is -1.22. The highest BCUT2D eigenvalue weighted by Gasteiger charge is 2.21. The summed E-state index contributed by atoms with van der Waals surface area (Å²) < 4.78 is 11.3. The molecule has 0 aromatic heterocycles. The maximum absolute atomic E-state index is 9.82. The zero-order valence-electron chi connectivity index (χ0n) is 12.1. The number of hydrogen-bond acceptors (Lipinski definition) is 3. The fourth-order valence-electron chi connectivity index (χ4n) is 2.62. The van der Waals surface area contributed by atoms with Crippen LogP contribution in [0.15, 0.2) is 18.2 Å². The van der Waals surface area contributed by atoms with Crippen molar-refractivity contribution in [2.45, 2.75) is 51.7 Å². The van der Waals surface area contributed by atoms with Crippen LogP contribution in [-0.2, 0) is 0 Å². The zero-order valence-corrected chi connectivity index (χ0v) is 12.1. The van der Waals surface area contributed by atoms with Crippen molar-refractivity contribution in [2.24, 2.45) is 5.92 Å². The quantitative estimate of drug-likeness (QED) is 0.901. The molecule has 0 aliphatic heterocycles. The van der Waals surface area contributed by atoms with Crippen LogP contribution in [0.1, 0.15) is 51.2 Å². The number of ether oxygens (including phenoxy) is 2. The highest BCUT2D eigenvalue weighted by molar-refractivity contribution is 5.42. The van der Waals surface area contributed by atoms with Gasteiger partial charge < -0.3 is 14.6 Å². The minimum absolute atomic E-state index is 0.265. The maximum atomic E-state index is 9.82. The third-order valence-electron chi connectivity index (χ3n) is 3.93. The van der Waals surface area contributed by atoms with E-state index in [0.29, 0.717) is 0 Å². The van der Waals surface area contributed by atoms with E-state index in [-0.39, 0.29) is 6.10 Å². The predicted molar refractivity (Wildman–Crippen MR) is 75.7 cm³/mol. The number of methoxy groups -OCH3 is 1. The number of hydrogen-bond donors (Lipinski definition) is 1. The molecular weight excluding hydrogens is 240 g/mol. The van der Waals surface area contributed by atoms with Gasteiger partial charge in [0.05, 0.1) is 19.3 Å². The summed E-state index contributed by atoms with van der Waals surface area (Å²) in [5.41, 5.74) is 0.833. The summed E-state index contributed by atoms with van der Waals surface area (Å²) in [6, 6.07) is 5.61. The van der Waals surface area contributed by atoms with E-state index in [2.05, 4.69) is 6.92 Å². The summed E-state index contributed by atoms with van der Waals surface area (Å²) in [6.07, 6.45) is 4.37. The largest absolute Gasteiger partial charge is 0.497 e. The number of aliphatic hydroxyl groups is 1. The molecule has 1 N–H and O–H groups in total. The molecule has 106 valence electrons. The summed E-state index contributed by atoms with van der Waals surface area (Å²) >= 11 is 0. The van der Waals surface area contributed by atoms with Gasteiger partial charge in [0.1, 0.15) is 11.5 Å². The van der Waals surface area contributed by atoms with Crippen molar-refractivity contribution in [3.05, 3.63) is 23.8 Å². The molecule has 0 heterocycles. The van der Waals surface area contributed by atoms with Gasteiger partial charge in [-0.25, -0.2) is 0 Å². The van der Waals surface area contributed by atoms with Crippen LogP contribution >= 0.6 is 0 Å². The molecule has 1 fully saturated rings. The van der Waals surface area contributed by atoms with E-state index >= 15 is 0 Å². The Kier molecular flexibility index (Phi) is 4.70. The predicted octanol–water partition coefficient (Wildman–Crippen LogP) is 3.71. The lowest BCUT2D eigenvalue weighted by atomic mass is 9.89. The average Bonchev–Trinajstić information content (AvgIpc) is 2.41. The Morgan fingerprint density at radius 2 is 1.89 bits per heavy atom. The normalized spacial score (nSPS) is 24.8. The molecule has 19 heavy (non-hydrogen) atoms. The summed E-state index contributed by atoms with van der Waals surface area (Å²) in [6.45, 7) is 4.06. The van der Waals surface area contributed by atoms with Crippen molar-refractivity contribution in [1.29, 1.82) is 0 Å². The average molecular weight is 264 g/mol. The molecule has 1 aliphatic carbocycles. The molecule has 1 aliphatic rings. The van der Waals surface area contributed by atoms with Gasteiger partial charge in [-0.3, -0.25) is 0 Å². The molecule has 0 spiro atoms. The Morgan fingerprint density at radius 1 is 1.21 bits per heavy atom. The Bertz CT molecular complexity index is 406. The zero-order chi connectivity index (χ0) is 13.8. The second-order valence-electron chi connectivity index (χ2n) is 5.58. The number of rotatable bonds is 4. The highest BCUT2D eigenvalue weighted by atomic mass is 16.5. The first-order valence-electron chi connectivity index (χ1n) is 7.12. The van der Waals surface area contributed by atoms with E-state index < -0.39 is 6.10 Å². The van der Waals surface area contributed by atoms with Crippen LogP contribution in [-0.4, -0.2) is 18.3 Å². The molecule has 1 saturated carbocycles. The van der Waals surface area contributed by atoms with Crippen LogP contribution < -0.4 is 9.47 Å². The van der Waals surface area contributed by atoms with Crippen molar-refractivity contribution >= 4 is 0 Å². The first-order valence-corrected chi connectivity index (χ1v) is 7.12. The lowest BCUT2D eigenvalue weighted by Gasteiger charge is -2.28. The van der Waals surface area contributed by atoms with Crippen molar-refractivity contribution in [3.8, 4) is 11.5 Å². The van der Waals surface area contributed by atoms with Gasteiger partial charge in [-0.15, -0.1) is 0 Å². The van der Waals surface area contributed by atoms with E-state index in [0.717, 1.165) is 35.8 Å². The monoisotopic (exact) mass is 264 g/mol. The van der Waals surface area contributed by atoms with Crippen molar-refractivity contribution < 1.29 is 14.6 Å². The van der Waals surface area contributed by atoms with Crippen LogP contribution in [0.5, 0.6) is 11.5 Å². The minimum Gasteiger partial charge on any atom is -0.497 e. The molecule has 0 amide bonds. The molecule has 2 rings (SSSR count). The van der Waals surface area contributed by atoms with E-state index in [1.807, 2.05) is 18.2 Å². The van der Waals surface area contributed by atoms with Crippen LogP contribution in [0.25, 0.3) is 0 Å². The van der Waals surface area contributed by atoms with Gasteiger partial charge in [0.2, 0.25) is 0 Å². The SMILES string of the molecule is COc1ccc([C@H](C)O)c(OC2CCC(C)CC2)c1. The smallest absolute Gasteiger partial charge is 0.129 e. The van der Waals surface area contributed by atoms with Gasteiger partial charge in [-0.05, 0) is 50.7 Å². The van der Waals surface area contributed by atoms with Crippen molar-refractivity contribution in [3.63, 3.8) is 0 Å². The van der Waals surface area contributed by atoms with Gasteiger partial charge in [-0.1, -0.05) is 6.92 Å². The summed E-state index contributed by atoms with van der Waals surface area (Å²) in [5.74, 6) is 2.33. The third kappa shape index (κ3) is 3.63. The molecule has 1 aromatic rings. The van der Waals surface area contributed by atoms with Gasteiger partial charge in [0, 0.05) is 11.6 Å². The van der Waals surface area contributed by atoms with Gasteiger partial charge in [0.15, 0.2) is 0 Å². The van der Waals surface area contributed by atoms with Gasteiger partial charge >= 0.3 is 0 Å².